The van der Waals surface area contributed by atoms with Crippen LogP contribution in [0, 0.1) is 18.7 Å². The van der Waals surface area contributed by atoms with Crippen molar-refractivity contribution < 1.29 is 42.9 Å². The Labute approximate surface area is 316 Å². The van der Waals surface area contributed by atoms with Crippen molar-refractivity contribution in [3.63, 3.8) is 0 Å². The van der Waals surface area contributed by atoms with Crippen LogP contribution in [0.5, 0.6) is 0 Å². The molecular formula is C40H54FN5O8. The standard InChI is InChI=1S/C40H54FN5O8/c1-28-35(41)33-26-32(14-15-34(33)46(28)20-21-52-22-23-53-24-25-54-27-30-10-6-4-7-11-30)38(48)44-16-18-45(19-17-44)39(49)36(31-12-8-5-9-13-31)42-37(47)29(2)43(3)40(50)51/h4,6-7,10-11,14-15,26,29,31,36H,5,8-9,12-13,16-25,27H2,1-3H3,(H,42,47)(H,50,51). The van der Waals surface area contributed by atoms with Gasteiger partial charge in [0, 0.05) is 50.7 Å². The molecule has 3 aromatic rings. The number of ether oxygens (including phenoxy) is 3. The van der Waals surface area contributed by atoms with E-state index in [1.807, 2.05) is 34.9 Å². The number of carboxylic acid groups (broad SMARTS) is 1. The maximum absolute atomic E-state index is 15.5. The van der Waals surface area contributed by atoms with Crippen molar-refractivity contribution in [3.05, 3.63) is 71.2 Å². The molecule has 1 aliphatic carbocycles. The molecule has 14 heteroatoms. The fourth-order valence-electron chi connectivity index (χ4n) is 7.20. The van der Waals surface area contributed by atoms with Gasteiger partial charge in [-0.1, -0.05) is 49.6 Å². The van der Waals surface area contributed by atoms with Crippen molar-refractivity contribution in [2.45, 2.75) is 71.2 Å². The molecule has 0 radical (unpaired) electrons. The highest BCUT2D eigenvalue weighted by Crippen LogP contribution is 2.29. The number of hydrogen-bond acceptors (Lipinski definition) is 7. The number of carbonyl (C=O) groups is 4. The average Bonchev–Trinajstić information content (AvgIpc) is 3.44. The summed E-state index contributed by atoms with van der Waals surface area (Å²) in [6.07, 6.45) is 3.36. The summed E-state index contributed by atoms with van der Waals surface area (Å²) >= 11 is 0. The highest BCUT2D eigenvalue weighted by molar-refractivity contribution is 5.99. The Morgan fingerprint density at radius 3 is 2.19 bits per heavy atom. The van der Waals surface area contributed by atoms with Crippen molar-refractivity contribution in [2.75, 3.05) is 66.3 Å². The topological polar surface area (TPSA) is 143 Å². The van der Waals surface area contributed by atoms with Gasteiger partial charge in [0.05, 0.1) is 50.9 Å². The van der Waals surface area contributed by atoms with Crippen LogP contribution in [0.1, 0.15) is 60.6 Å². The van der Waals surface area contributed by atoms with E-state index in [0.29, 0.717) is 68.3 Å². The van der Waals surface area contributed by atoms with Gasteiger partial charge in [-0.25, -0.2) is 9.18 Å². The smallest absolute Gasteiger partial charge is 0.407 e. The fourth-order valence-corrected chi connectivity index (χ4v) is 7.20. The van der Waals surface area contributed by atoms with Gasteiger partial charge in [0.2, 0.25) is 11.8 Å². The fraction of sp³-hybridized carbons (Fsp3) is 0.550. The third-order valence-corrected chi connectivity index (χ3v) is 10.6. The number of carbonyl (C=O) groups excluding carboxylic acids is 3. The van der Waals surface area contributed by atoms with Gasteiger partial charge in [-0.3, -0.25) is 19.3 Å². The molecule has 54 heavy (non-hydrogen) atoms. The minimum atomic E-state index is -1.23. The summed E-state index contributed by atoms with van der Waals surface area (Å²) in [5.74, 6) is -1.40. The number of fused-ring (bicyclic) bond motifs is 1. The summed E-state index contributed by atoms with van der Waals surface area (Å²) < 4.78 is 34.3. The van der Waals surface area contributed by atoms with Crippen molar-refractivity contribution >= 4 is 34.7 Å². The SMILES string of the molecule is Cc1c(F)c2cc(C(=O)N3CCN(C(=O)C(NC(=O)C(C)N(C)C(=O)O)C4CCCCC4)CC3)ccc2n1CCOCCOCCOCc1ccccc1. The largest absolute Gasteiger partial charge is 0.465 e. The number of rotatable bonds is 17. The van der Waals surface area contributed by atoms with E-state index in [4.69, 9.17) is 14.2 Å². The molecule has 2 atom stereocenters. The Hall–Kier alpha value is -4.53. The summed E-state index contributed by atoms with van der Waals surface area (Å²) in [6.45, 7) is 7.47. The molecule has 294 valence electrons. The molecule has 2 unspecified atom stereocenters. The first-order valence-electron chi connectivity index (χ1n) is 19.0. The maximum atomic E-state index is 15.5. The molecule has 2 fully saturated rings. The molecule has 2 aliphatic rings. The lowest BCUT2D eigenvalue weighted by atomic mass is 9.83. The third kappa shape index (κ3) is 10.4. The van der Waals surface area contributed by atoms with Gasteiger partial charge in [0.15, 0.2) is 5.82 Å². The Balaban J connectivity index is 1.10. The van der Waals surface area contributed by atoms with Crippen molar-refractivity contribution in [3.8, 4) is 0 Å². The Morgan fingerprint density at radius 2 is 1.52 bits per heavy atom. The molecule has 5 rings (SSSR count). The zero-order chi connectivity index (χ0) is 38.6. The van der Waals surface area contributed by atoms with Crippen LogP contribution in [0.4, 0.5) is 9.18 Å². The maximum Gasteiger partial charge on any atom is 0.407 e. The Bertz CT molecular complexity index is 1720. The number of amides is 4. The van der Waals surface area contributed by atoms with Crippen LogP contribution in [-0.4, -0.2) is 127 Å². The Morgan fingerprint density at radius 1 is 0.889 bits per heavy atom. The van der Waals surface area contributed by atoms with E-state index in [1.54, 1.807) is 34.9 Å². The van der Waals surface area contributed by atoms with E-state index < -0.39 is 24.1 Å². The summed E-state index contributed by atoms with van der Waals surface area (Å²) in [6, 6.07) is 13.3. The number of benzene rings is 2. The number of piperazine rings is 1. The second-order valence-corrected chi connectivity index (χ2v) is 14.1. The van der Waals surface area contributed by atoms with E-state index in [0.717, 1.165) is 42.6 Å². The predicted octanol–water partition coefficient (Wildman–Crippen LogP) is 4.69. The molecule has 13 nitrogen and oxygen atoms in total. The monoisotopic (exact) mass is 751 g/mol. The molecule has 2 heterocycles. The summed E-state index contributed by atoms with van der Waals surface area (Å²) in [4.78, 5) is 56.2. The molecule has 4 amide bonds. The van der Waals surface area contributed by atoms with Gasteiger partial charge in [-0.2, -0.15) is 0 Å². The molecular weight excluding hydrogens is 697 g/mol. The van der Waals surface area contributed by atoms with Crippen LogP contribution in [0.2, 0.25) is 0 Å². The first kappa shape index (κ1) is 40.7. The molecule has 1 saturated heterocycles. The second kappa shape index (κ2) is 19.7. The van der Waals surface area contributed by atoms with E-state index >= 15 is 4.39 Å². The van der Waals surface area contributed by atoms with E-state index in [1.165, 1.54) is 14.0 Å². The lowest BCUT2D eigenvalue weighted by molar-refractivity contribution is -0.140. The lowest BCUT2D eigenvalue weighted by Crippen LogP contribution is -2.59. The Kier molecular flexibility index (Phi) is 14.8. The summed E-state index contributed by atoms with van der Waals surface area (Å²) in [5.41, 5.74) is 2.61. The molecule has 0 bridgehead atoms. The van der Waals surface area contributed by atoms with Crippen LogP contribution >= 0.6 is 0 Å². The number of likely N-dealkylation sites (N-methyl/N-ethyl adjacent to an activating group) is 1. The van der Waals surface area contributed by atoms with Crippen molar-refractivity contribution in [1.29, 1.82) is 0 Å². The molecule has 1 aliphatic heterocycles. The quantitative estimate of drug-likeness (QED) is 0.189. The number of hydrogen-bond donors (Lipinski definition) is 2. The lowest BCUT2D eigenvalue weighted by Gasteiger charge is -2.39. The van der Waals surface area contributed by atoms with Crippen LogP contribution in [0.3, 0.4) is 0 Å². The number of nitrogens with zero attached hydrogens (tertiary/aromatic N) is 4. The van der Waals surface area contributed by atoms with Crippen molar-refractivity contribution in [2.24, 2.45) is 5.92 Å². The van der Waals surface area contributed by atoms with Crippen molar-refractivity contribution in [1.82, 2.24) is 24.6 Å². The van der Waals surface area contributed by atoms with Gasteiger partial charge in [-0.05, 0) is 56.4 Å². The molecule has 1 aromatic heterocycles. The van der Waals surface area contributed by atoms with Gasteiger partial charge in [0.25, 0.3) is 5.91 Å². The second-order valence-electron chi connectivity index (χ2n) is 14.1. The van der Waals surface area contributed by atoms with Gasteiger partial charge in [-0.15, -0.1) is 0 Å². The number of halogens is 1. The molecule has 1 saturated carbocycles. The zero-order valence-corrected chi connectivity index (χ0v) is 31.6. The van der Waals surface area contributed by atoms with E-state index in [-0.39, 0.29) is 49.7 Å². The highest BCUT2D eigenvalue weighted by Gasteiger charge is 2.37. The minimum Gasteiger partial charge on any atom is -0.465 e. The first-order chi connectivity index (χ1) is 26.1. The van der Waals surface area contributed by atoms with Crippen LogP contribution in [0.15, 0.2) is 48.5 Å². The molecule has 2 N–H and O–H groups in total. The normalized spacial score (nSPS) is 16.3. The van der Waals surface area contributed by atoms with E-state index in [2.05, 4.69) is 5.32 Å². The highest BCUT2D eigenvalue weighted by atomic mass is 19.1. The summed E-state index contributed by atoms with van der Waals surface area (Å²) in [7, 11) is 1.32. The van der Waals surface area contributed by atoms with Gasteiger partial charge < -0.3 is 39.0 Å². The summed E-state index contributed by atoms with van der Waals surface area (Å²) in [5, 5.41) is 12.6. The minimum absolute atomic E-state index is 0.0452. The third-order valence-electron chi connectivity index (χ3n) is 10.6. The van der Waals surface area contributed by atoms with Crippen LogP contribution in [0.25, 0.3) is 10.9 Å². The van der Waals surface area contributed by atoms with E-state index in [9.17, 15) is 24.3 Å². The van der Waals surface area contributed by atoms with Gasteiger partial charge in [0.1, 0.15) is 12.1 Å². The first-order valence-corrected chi connectivity index (χ1v) is 19.0. The van der Waals surface area contributed by atoms with Crippen LogP contribution < -0.4 is 5.32 Å². The predicted molar refractivity (Wildman–Crippen MR) is 201 cm³/mol. The average molecular weight is 752 g/mol. The number of aromatic nitrogens is 1. The van der Waals surface area contributed by atoms with Crippen LogP contribution in [-0.2, 0) is 37.0 Å². The van der Waals surface area contributed by atoms with Gasteiger partial charge >= 0.3 is 6.09 Å². The molecule has 0 spiro atoms. The molecule has 2 aromatic carbocycles. The number of nitrogens with one attached hydrogen (secondary N) is 1. The zero-order valence-electron chi connectivity index (χ0n) is 31.6.